The molecule has 2 aromatic rings. The highest BCUT2D eigenvalue weighted by atomic mass is 32.1. The van der Waals surface area contributed by atoms with Crippen LogP contribution in [0.4, 0.5) is 0 Å². The van der Waals surface area contributed by atoms with E-state index < -0.39 is 0 Å². The summed E-state index contributed by atoms with van der Waals surface area (Å²) in [5.41, 5.74) is 1.67. The minimum absolute atomic E-state index is 0.0694. The zero-order valence-corrected chi connectivity index (χ0v) is 12.5. The van der Waals surface area contributed by atoms with Crippen molar-refractivity contribution in [2.24, 2.45) is 0 Å². The molecule has 1 N–H and O–H groups in total. The van der Waals surface area contributed by atoms with E-state index in [0.717, 1.165) is 22.9 Å². The first-order chi connectivity index (χ1) is 9.69. The lowest BCUT2D eigenvalue weighted by molar-refractivity contribution is 0.0954. The Morgan fingerprint density at radius 1 is 1.35 bits per heavy atom. The van der Waals surface area contributed by atoms with Crippen molar-refractivity contribution in [2.75, 3.05) is 13.2 Å². The second kappa shape index (κ2) is 7.05. The van der Waals surface area contributed by atoms with Gasteiger partial charge in [-0.25, -0.2) is 4.98 Å². The summed E-state index contributed by atoms with van der Waals surface area (Å²) in [5.74, 6) is 0.710. The van der Waals surface area contributed by atoms with Crippen molar-refractivity contribution in [1.29, 1.82) is 0 Å². The molecule has 4 nitrogen and oxygen atoms in total. The molecule has 0 bridgehead atoms. The van der Waals surface area contributed by atoms with Crippen LogP contribution in [0.25, 0.3) is 0 Å². The number of nitrogens with one attached hydrogen (secondary N) is 1. The Morgan fingerprint density at radius 3 is 2.70 bits per heavy atom. The van der Waals surface area contributed by atoms with Crippen LogP contribution in [0.1, 0.15) is 28.0 Å². The summed E-state index contributed by atoms with van der Waals surface area (Å²) >= 11 is 1.63. The molecule has 2 rings (SSSR count). The van der Waals surface area contributed by atoms with E-state index in [1.54, 1.807) is 23.5 Å². The van der Waals surface area contributed by atoms with Gasteiger partial charge in [0.05, 0.1) is 17.3 Å². The van der Waals surface area contributed by atoms with Crippen molar-refractivity contribution in [2.45, 2.75) is 20.3 Å². The molecule has 0 spiro atoms. The Balaban J connectivity index is 1.82. The van der Waals surface area contributed by atoms with Gasteiger partial charge in [0.15, 0.2) is 0 Å². The molecule has 0 aliphatic rings. The molecule has 20 heavy (non-hydrogen) atoms. The number of aryl methyl sites for hydroxylation is 1. The Kier molecular flexibility index (Phi) is 5.12. The summed E-state index contributed by atoms with van der Waals surface area (Å²) < 4.78 is 5.34. The van der Waals surface area contributed by atoms with E-state index in [-0.39, 0.29) is 5.91 Å². The van der Waals surface area contributed by atoms with Crippen molar-refractivity contribution in [3.05, 3.63) is 45.9 Å². The number of hydrogen-bond acceptors (Lipinski definition) is 4. The van der Waals surface area contributed by atoms with E-state index in [1.807, 2.05) is 31.4 Å². The average Bonchev–Trinajstić information content (AvgIpc) is 2.85. The smallest absolute Gasteiger partial charge is 0.251 e. The maximum Gasteiger partial charge on any atom is 0.251 e. The molecule has 1 aromatic heterocycles. The zero-order chi connectivity index (χ0) is 14.4. The monoisotopic (exact) mass is 290 g/mol. The van der Waals surface area contributed by atoms with Gasteiger partial charge in [-0.05, 0) is 38.1 Å². The summed E-state index contributed by atoms with van der Waals surface area (Å²) in [4.78, 5) is 16.3. The highest BCUT2D eigenvalue weighted by Crippen LogP contribution is 2.12. The molecule has 0 fully saturated rings. The van der Waals surface area contributed by atoms with Crippen molar-refractivity contribution in [3.8, 4) is 5.75 Å². The molecule has 0 aliphatic carbocycles. The summed E-state index contributed by atoms with van der Waals surface area (Å²) in [6.07, 6.45) is 0.757. The normalized spacial score (nSPS) is 10.3. The lowest BCUT2D eigenvalue weighted by Gasteiger charge is -2.06. The number of thiazole rings is 1. The molecule has 0 saturated carbocycles. The lowest BCUT2D eigenvalue weighted by Crippen LogP contribution is -2.25. The van der Waals surface area contributed by atoms with Crippen molar-refractivity contribution < 1.29 is 9.53 Å². The first-order valence-corrected chi connectivity index (χ1v) is 7.49. The highest BCUT2D eigenvalue weighted by Gasteiger charge is 2.05. The van der Waals surface area contributed by atoms with E-state index in [2.05, 4.69) is 10.3 Å². The number of nitrogens with zero attached hydrogens (tertiary/aromatic N) is 1. The van der Waals surface area contributed by atoms with Crippen LogP contribution in [0.15, 0.2) is 29.6 Å². The van der Waals surface area contributed by atoms with Gasteiger partial charge in [0.1, 0.15) is 5.75 Å². The van der Waals surface area contributed by atoms with Gasteiger partial charge in [-0.1, -0.05) is 0 Å². The second-order valence-corrected chi connectivity index (χ2v) is 5.38. The van der Waals surface area contributed by atoms with Crippen LogP contribution in [0.2, 0.25) is 0 Å². The van der Waals surface area contributed by atoms with E-state index in [4.69, 9.17) is 4.74 Å². The van der Waals surface area contributed by atoms with Gasteiger partial charge in [0, 0.05) is 23.9 Å². The van der Waals surface area contributed by atoms with E-state index in [0.29, 0.717) is 18.7 Å². The molecular weight excluding hydrogens is 272 g/mol. The highest BCUT2D eigenvalue weighted by molar-refractivity contribution is 7.09. The zero-order valence-electron chi connectivity index (χ0n) is 11.7. The molecule has 106 valence electrons. The number of carbonyl (C=O) groups excluding carboxylic acids is 1. The molecule has 1 aromatic carbocycles. The average molecular weight is 290 g/mol. The standard InChI is InChI=1S/C15H18N2O2S/c1-3-19-14-6-4-12(5-7-14)15(18)16-9-8-13-10-20-11(2)17-13/h4-7,10H,3,8-9H2,1-2H3,(H,16,18). The number of carbonyl (C=O) groups is 1. The number of aromatic nitrogens is 1. The third kappa shape index (κ3) is 4.06. The van der Waals surface area contributed by atoms with Gasteiger partial charge < -0.3 is 10.1 Å². The van der Waals surface area contributed by atoms with Crippen molar-refractivity contribution in [1.82, 2.24) is 10.3 Å². The number of benzene rings is 1. The van der Waals surface area contributed by atoms with Crippen molar-refractivity contribution >= 4 is 17.2 Å². The van der Waals surface area contributed by atoms with Gasteiger partial charge in [-0.3, -0.25) is 4.79 Å². The van der Waals surface area contributed by atoms with Crippen LogP contribution in [0.3, 0.4) is 0 Å². The first-order valence-electron chi connectivity index (χ1n) is 6.61. The van der Waals surface area contributed by atoms with Crippen LogP contribution in [0, 0.1) is 6.92 Å². The van der Waals surface area contributed by atoms with Gasteiger partial charge in [0.25, 0.3) is 5.91 Å². The van der Waals surface area contributed by atoms with Crippen LogP contribution in [-0.2, 0) is 6.42 Å². The predicted octanol–water partition coefficient (Wildman–Crippen LogP) is 2.82. The number of ether oxygens (including phenoxy) is 1. The van der Waals surface area contributed by atoms with Crippen LogP contribution in [0.5, 0.6) is 5.75 Å². The molecule has 0 radical (unpaired) electrons. The first kappa shape index (κ1) is 14.5. The summed E-state index contributed by atoms with van der Waals surface area (Å²) in [6, 6.07) is 7.16. The summed E-state index contributed by atoms with van der Waals surface area (Å²) in [7, 11) is 0. The lowest BCUT2D eigenvalue weighted by atomic mass is 10.2. The molecule has 1 heterocycles. The minimum atomic E-state index is -0.0694. The Hall–Kier alpha value is -1.88. The number of hydrogen-bond donors (Lipinski definition) is 1. The quantitative estimate of drug-likeness (QED) is 0.890. The molecule has 0 atom stereocenters. The number of rotatable bonds is 6. The summed E-state index contributed by atoms with van der Waals surface area (Å²) in [5, 5.41) is 5.97. The van der Waals surface area contributed by atoms with Gasteiger partial charge >= 0.3 is 0 Å². The Morgan fingerprint density at radius 2 is 2.10 bits per heavy atom. The van der Waals surface area contributed by atoms with Crippen LogP contribution < -0.4 is 10.1 Å². The molecule has 1 amide bonds. The topological polar surface area (TPSA) is 51.2 Å². The molecular formula is C15H18N2O2S. The molecule has 0 saturated heterocycles. The van der Waals surface area contributed by atoms with Gasteiger partial charge in [0.2, 0.25) is 0 Å². The van der Waals surface area contributed by atoms with E-state index in [9.17, 15) is 4.79 Å². The third-order valence-electron chi connectivity index (χ3n) is 2.76. The minimum Gasteiger partial charge on any atom is -0.494 e. The molecule has 0 aliphatic heterocycles. The van der Waals surface area contributed by atoms with E-state index >= 15 is 0 Å². The fraction of sp³-hybridized carbons (Fsp3) is 0.333. The van der Waals surface area contributed by atoms with Gasteiger partial charge in [-0.15, -0.1) is 11.3 Å². The third-order valence-corrected chi connectivity index (χ3v) is 3.58. The molecule has 5 heteroatoms. The Labute approximate surface area is 122 Å². The fourth-order valence-corrected chi connectivity index (χ4v) is 2.45. The SMILES string of the molecule is CCOc1ccc(C(=O)NCCc2csc(C)n2)cc1. The van der Waals surface area contributed by atoms with Crippen molar-refractivity contribution in [3.63, 3.8) is 0 Å². The van der Waals surface area contributed by atoms with Gasteiger partial charge in [-0.2, -0.15) is 0 Å². The molecule has 0 unspecified atom stereocenters. The predicted molar refractivity (Wildman–Crippen MR) is 80.5 cm³/mol. The summed E-state index contributed by atoms with van der Waals surface area (Å²) in [6.45, 7) is 5.13. The second-order valence-electron chi connectivity index (χ2n) is 4.32. The maximum atomic E-state index is 11.9. The largest absolute Gasteiger partial charge is 0.494 e. The Bertz CT molecular complexity index is 564. The maximum absolute atomic E-state index is 11.9. The van der Waals surface area contributed by atoms with Crippen LogP contribution >= 0.6 is 11.3 Å². The van der Waals surface area contributed by atoms with Crippen LogP contribution in [-0.4, -0.2) is 24.0 Å². The number of amides is 1. The fourth-order valence-electron chi connectivity index (χ4n) is 1.80. The van der Waals surface area contributed by atoms with E-state index in [1.165, 1.54) is 0 Å².